The number of carboxylic acid groups (broad SMARTS) is 3. The van der Waals surface area contributed by atoms with Gasteiger partial charge in [0.05, 0.1) is 12.5 Å². The van der Waals surface area contributed by atoms with Gasteiger partial charge in [-0.1, -0.05) is 55.4 Å². The van der Waals surface area contributed by atoms with Crippen LogP contribution in [0.4, 0.5) is 0 Å². The fourth-order valence-electron chi connectivity index (χ4n) is 10.3. The Labute approximate surface area is 505 Å². The lowest BCUT2D eigenvalue weighted by Gasteiger charge is -2.33. The molecule has 0 unspecified atom stereocenters. The first-order valence-electron chi connectivity index (χ1n) is 29.7. The summed E-state index contributed by atoms with van der Waals surface area (Å²) in [6.07, 6.45) is -0.372. The van der Waals surface area contributed by atoms with Crippen LogP contribution in [-0.4, -0.2) is 206 Å². The standard InChI is InChI=1S/C56H91N13O18/c1-26(2)24-35(49(79)65-43(28(5)6)53(83)66-42(27(3)4)52(82)61-33(17-19-39(57)70)48(78)64-36(56(86)87)25-41(73)74)63-50(80)37-15-13-23-69(37)55(85)44(29(7)8)67-51(81)38-16-12-22-68(38)54(84)34(18-20-40(71)72)62-46(76)31(10)59-45(75)30(9)60-47(77)32-14-11-21-58-32/h26-38,42-44,58H,11-25H2,1-10H3,(H2,57,70)(H,59,75)(H,60,77)(H,61,82)(H,62,76)(H,63,80)(H,64,78)(H,65,79)(H,66,83)(H,67,81)(H,71,72)(H,73,74)(H,86,87)/t30-,31-,32-,33-,34-,35-,36-,37-,38-,42-,43-,44-/m0/s1. The van der Waals surface area contributed by atoms with E-state index in [-0.39, 0.29) is 50.6 Å². The summed E-state index contributed by atoms with van der Waals surface area (Å²) in [4.78, 5) is 200. The average molecular weight is 1230 g/mol. The van der Waals surface area contributed by atoms with E-state index in [0.717, 1.165) is 6.42 Å². The molecule has 31 nitrogen and oxygen atoms in total. The van der Waals surface area contributed by atoms with Gasteiger partial charge in [-0.15, -0.1) is 0 Å². The van der Waals surface area contributed by atoms with Crippen molar-refractivity contribution in [2.24, 2.45) is 29.4 Å². The molecule has 0 aromatic carbocycles. The number of nitrogens with zero attached hydrogens (tertiary/aromatic N) is 2. The smallest absolute Gasteiger partial charge is 0.326 e. The molecule has 3 heterocycles. The van der Waals surface area contributed by atoms with Crippen molar-refractivity contribution in [3.8, 4) is 0 Å². The lowest BCUT2D eigenvalue weighted by Crippen LogP contribution is -2.62. The third kappa shape index (κ3) is 22.7. The molecule has 3 rings (SSSR count). The maximum atomic E-state index is 14.5. The number of nitrogens with one attached hydrogen (secondary N) is 10. The molecule has 0 radical (unpaired) electrons. The number of likely N-dealkylation sites (tertiary alicyclic amines) is 2. The Morgan fingerprint density at radius 1 is 0.460 bits per heavy atom. The number of carbonyl (C=O) groups excluding carboxylic acids is 12. The second-order valence-corrected chi connectivity index (χ2v) is 23.9. The molecule has 15 N–H and O–H groups in total. The van der Waals surface area contributed by atoms with Gasteiger partial charge in [0.15, 0.2) is 0 Å². The lowest BCUT2D eigenvalue weighted by atomic mass is 9.97. The van der Waals surface area contributed by atoms with E-state index in [1.807, 2.05) is 5.32 Å². The molecule has 87 heavy (non-hydrogen) atoms. The van der Waals surface area contributed by atoms with Crippen molar-refractivity contribution in [3.05, 3.63) is 0 Å². The fraction of sp³-hybridized carbons (Fsp3) is 0.732. The van der Waals surface area contributed by atoms with E-state index in [2.05, 4.69) is 47.9 Å². The van der Waals surface area contributed by atoms with Gasteiger partial charge in [0.1, 0.15) is 66.5 Å². The van der Waals surface area contributed by atoms with Crippen molar-refractivity contribution in [2.75, 3.05) is 19.6 Å². The summed E-state index contributed by atoms with van der Waals surface area (Å²) in [6.45, 7) is 16.8. The second kappa shape index (κ2) is 34.4. The number of nitrogens with two attached hydrogens (primary N) is 1. The minimum Gasteiger partial charge on any atom is -0.481 e. The molecule has 0 spiro atoms. The molecular formula is C56H91N13O18. The summed E-state index contributed by atoms with van der Waals surface area (Å²) in [5.74, 6) is -16.0. The first-order chi connectivity index (χ1) is 40.6. The summed E-state index contributed by atoms with van der Waals surface area (Å²) < 4.78 is 0. The molecule has 3 fully saturated rings. The van der Waals surface area contributed by atoms with Crippen LogP contribution in [0.1, 0.15) is 146 Å². The summed E-state index contributed by atoms with van der Waals surface area (Å²) in [5.41, 5.74) is 5.27. The van der Waals surface area contributed by atoms with E-state index < -0.39 is 199 Å². The van der Waals surface area contributed by atoms with Gasteiger partial charge < -0.3 is 84.0 Å². The minimum atomic E-state index is -1.90. The Hall–Kier alpha value is -7.99. The number of aliphatic carboxylic acids is 3. The number of hydrogen-bond acceptors (Lipinski definition) is 16. The molecule has 12 amide bonds. The highest BCUT2D eigenvalue weighted by Crippen LogP contribution is 2.24. The van der Waals surface area contributed by atoms with Gasteiger partial charge in [0.25, 0.3) is 0 Å². The first-order valence-corrected chi connectivity index (χ1v) is 29.7. The molecule has 31 heteroatoms. The second-order valence-electron chi connectivity index (χ2n) is 23.9. The zero-order valence-corrected chi connectivity index (χ0v) is 51.3. The van der Waals surface area contributed by atoms with Gasteiger partial charge in [-0.2, -0.15) is 0 Å². The molecule has 0 aromatic heterocycles. The van der Waals surface area contributed by atoms with Crippen molar-refractivity contribution in [1.82, 2.24) is 63.0 Å². The summed E-state index contributed by atoms with van der Waals surface area (Å²) in [5, 5.41) is 54.0. The average Bonchev–Trinajstić information content (AvgIpc) is 4.09. The molecule has 0 bridgehead atoms. The van der Waals surface area contributed by atoms with Crippen molar-refractivity contribution in [3.63, 3.8) is 0 Å². The molecule has 3 aliphatic heterocycles. The Morgan fingerprint density at radius 2 is 0.931 bits per heavy atom. The van der Waals surface area contributed by atoms with E-state index in [1.165, 1.54) is 23.6 Å². The molecule has 3 aliphatic rings. The maximum absolute atomic E-state index is 14.5. The van der Waals surface area contributed by atoms with Crippen LogP contribution in [0.5, 0.6) is 0 Å². The number of rotatable bonds is 34. The zero-order chi connectivity index (χ0) is 65.7. The lowest BCUT2D eigenvalue weighted by molar-refractivity contribution is -0.147. The quantitative estimate of drug-likeness (QED) is 0.0302. The number of primary amides is 1. The monoisotopic (exact) mass is 1230 g/mol. The van der Waals surface area contributed by atoms with Crippen LogP contribution in [0.2, 0.25) is 0 Å². The van der Waals surface area contributed by atoms with Crippen LogP contribution in [0, 0.1) is 23.7 Å². The molecular weight excluding hydrogens is 1140 g/mol. The van der Waals surface area contributed by atoms with E-state index in [9.17, 15) is 82.1 Å². The Balaban J connectivity index is 1.76. The van der Waals surface area contributed by atoms with Crippen LogP contribution >= 0.6 is 0 Å². The molecule has 0 saturated carbocycles. The van der Waals surface area contributed by atoms with Gasteiger partial charge in [-0.05, 0) is 102 Å². The van der Waals surface area contributed by atoms with Crippen LogP contribution in [0.25, 0.3) is 0 Å². The zero-order valence-electron chi connectivity index (χ0n) is 51.3. The number of carboxylic acids is 3. The topological polar surface area (TPSA) is 470 Å². The largest absolute Gasteiger partial charge is 0.481 e. The SMILES string of the molecule is CC(C)C[C@H](NC(=O)[C@@H]1CCCN1C(=O)[C@@H](NC(=O)[C@@H]1CCCN1C(=O)[C@H](CCC(=O)O)NC(=O)[C@H](C)NC(=O)[C@H](C)NC(=O)[C@@H]1CCCN1)C(C)C)C(=O)N[C@H](C(=O)N[C@H](C(=O)N[C@@H](CCC(N)=O)C(=O)N[C@@H](CC(=O)O)C(=O)O)C(C)C)C(C)C. The third-order valence-electron chi connectivity index (χ3n) is 15.2. The van der Waals surface area contributed by atoms with Crippen molar-refractivity contribution < 1.29 is 87.2 Å². The Kier molecular flexibility index (Phi) is 28.9. The Bertz CT molecular complexity index is 2540. The highest BCUT2D eigenvalue weighted by molar-refractivity contribution is 6.00. The van der Waals surface area contributed by atoms with Gasteiger partial charge in [0, 0.05) is 25.9 Å². The van der Waals surface area contributed by atoms with Gasteiger partial charge in [-0.25, -0.2) is 4.79 Å². The highest BCUT2D eigenvalue weighted by atomic mass is 16.4. The van der Waals surface area contributed by atoms with E-state index in [1.54, 1.807) is 55.4 Å². The number of amides is 12. The minimum absolute atomic E-state index is 0.0369. The van der Waals surface area contributed by atoms with E-state index in [0.29, 0.717) is 25.8 Å². The molecule has 0 aliphatic carbocycles. The molecule has 488 valence electrons. The molecule has 12 atom stereocenters. The fourth-order valence-corrected chi connectivity index (χ4v) is 10.3. The van der Waals surface area contributed by atoms with Crippen LogP contribution in [-0.2, 0) is 71.9 Å². The normalized spacial score (nSPS) is 19.7. The third-order valence-corrected chi connectivity index (χ3v) is 15.2. The Morgan fingerprint density at radius 3 is 1.43 bits per heavy atom. The van der Waals surface area contributed by atoms with Crippen molar-refractivity contribution in [1.29, 1.82) is 0 Å². The summed E-state index contributed by atoms with van der Waals surface area (Å²) in [6, 6.07) is -15.2. The van der Waals surface area contributed by atoms with Gasteiger partial charge in [-0.3, -0.25) is 67.1 Å². The van der Waals surface area contributed by atoms with Crippen LogP contribution in [0.15, 0.2) is 0 Å². The number of carbonyl (C=O) groups is 15. The number of hydrogen-bond donors (Lipinski definition) is 14. The highest BCUT2D eigenvalue weighted by Gasteiger charge is 2.44. The summed E-state index contributed by atoms with van der Waals surface area (Å²) >= 11 is 0. The van der Waals surface area contributed by atoms with E-state index in [4.69, 9.17) is 10.8 Å². The predicted molar refractivity (Wildman–Crippen MR) is 308 cm³/mol. The van der Waals surface area contributed by atoms with Crippen LogP contribution < -0.4 is 58.9 Å². The molecule has 0 aromatic rings. The first kappa shape index (κ1) is 73.3. The predicted octanol–water partition coefficient (Wildman–Crippen LogP) is -3.17. The van der Waals surface area contributed by atoms with Gasteiger partial charge >= 0.3 is 17.9 Å². The van der Waals surface area contributed by atoms with Gasteiger partial charge in [0.2, 0.25) is 70.9 Å². The maximum Gasteiger partial charge on any atom is 0.326 e. The molecule has 3 saturated heterocycles. The van der Waals surface area contributed by atoms with Crippen molar-refractivity contribution in [2.45, 2.75) is 219 Å². The summed E-state index contributed by atoms with van der Waals surface area (Å²) in [7, 11) is 0. The van der Waals surface area contributed by atoms with E-state index >= 15 is 0 Å². The van der Waals surface area contributed by atoms with Crippen molar-refractivity contribution >= 4 is 88.8 Å². The van der Waals surface area contributed by atoms with Crippen LogP contribution in [0.3, 0.4) is 0 Å².